The number of halogens is 4. The van der Waals surface area contributed by atoms with Crippen LogP contribution in [0.4, 0.5) is 11.4 Å². The summed E-state index contributed by atoms with van der Waals surface area (Å²) >= 11 is 18.2. The van der Waals surface area contributed by atoms with Gasteiger partial charge in [-0.1, -0.05) is 23.2 Å². The van der Waals surface area contributed by atoms with Crippen LogP contribution in [0.3, 0.4) is 0 Å². The van der Waals surface area contributed by atoms with Gasteiger partial charge < -0.3 is 10.6 Å². The third-order valence-corrected chi connectivity index (χ3v) is 5.54. The molecule has 2 aromatic rings. The highest BCUT2D eigenvalue weighted by molar-refractivity contribution is 9.12. The monoisotopic (exact) mass is 514 g/mol. The Labute approximate surface area is 176 Å². The number of hydrogen-bond acceptors (Lipinski definition) is 4. The molecule has 4 nitrogen and oxygen atoms in total. The smallest absolute Gasteiger partial charge is 0.219 e. The minimum atomic E-state index is -0.358. The van der Waals surface area contributed by atoms with Crippen molar-refractivity contribution in [3.8, 4) is 0 Å². The molecule has 0 radical (unpaired) electrons. The maximum Gasteiger partial charge on any atom is 0.219 e. The minimum absolute atomic E-state index is 0.136. The second kappa shape index (κ2) is 7.96. The molecular weight excluding hydrogens is 507 g/mol. The number of benzene rings is 2. The molecular formula is C18H10Br2Cl2N2O2. The maximum absolute atomic E-state index is 12.7. The van der Waals surface area contributed by atoms with Gasteiger partial charge in [-0.2, -0.15) is 0 Å². The fraction of sp³-hybridized carbons (Fsp3) is 0. The number of nitrogens with one attached hydrogen (secondary N) is 2. The van der Waals surface area contributed by atoms with E-state index in [0.717, 1.165) is 0 Å². The van der Waals surface area contributed by atoms with Crippen molar-refractivity contribution < 1.29 is 9.59 Å². The maximum atomic E-state index is 12.7. The number of allylic oxidation sites excluding steroid dienone is 2. The van der Waals surface area contributed by atoms with E-state index in [-0.39, 0.29) is 31.9 Å². The van der Waals surface area contributed by atoms with Crippen molar-refractivity contribution in [2.75, 3.05) is 10.6 Å². The van der Waals surface area contributed by atoms with Crippen molar-refractivity contribution in [3.05, 3.63) is 78.9 Å². The molecule has 8 heteroatoms. The van der Waals surface area contributed by atoms with Crippen LogP contribution in [-0.4, -0.2) is 11.6 Å². The van der Waals surface area contributed by atoms with Gasteiger partial charge in [0.2, 0.25) is 11.6 Å². The number of carbonyl (C=O) groups excluding carboxylic acids is 2. The highest BCUT2D eigenvalue weighted by Crippen LogP contribution is 2.33. The molecule has 1 aliphatic rings. The van der Waals surface area contributed by atoms with Gasteiger partial charge in [-0.05, 0) is 80.4 Å². The minimum Gasteiger partial charge on any atom is -0.351 e. The summed E-state index contributed by atoms with van der Waals surface area (Å²) in [6.45, 7) is 0. The average molecular weight is 517 g/mol. The average Bonchev–Trinajstić information content (AvgIpc) is 2.64. The molecule has 2 N–H and O–H groups in total. The van der Waals surface area contributed by atoms with E-state index < -0.39 is 0 Å². The van der Waals surface area contributed by atoms with Crippen LogP contribution in [0.1, 0.15) is 0 Å². The summed E-state index contributed by atoms with van der Waals surface area (Å²) < 4.78 is 0.272. The lowest BCUT2D eigenvalue weighted by molar-refractivity contribution is -0.115. The molecule has 0 aromatic heterocycles. The van der Waals surface area contributed by atoms with Gasteiger partial charge in [0.1, 0.15) is 11.4 Å². The molecule has 0 saturated carbocycles. The molecule has 3 rings (SSSR count). The van der Waals surface area contributed by atoms with Gasteiger partial charge in [0.25, 0.3) is 0 Å². The fourth-order valence-corrected chi connectivity index (χ4v) is 3.43. The second-order valence-electron chi connectivity index (χ2n) is 5.30. The van der Waals surface area contributed by atoms with Gasteiger partial charge >= 0.3 is 0 Å². The van der Waals surface area contributed by atoms with Crippen LogP contribution in [0.2, 0.25) is 10.0 Å². The molecule has 0 heterocycles. The van der Waals surface area contributed by atoms with E-state index >= 15 is 0 Å². The summed E-state index contributed by atoms with van der Waals surface area (Å²) in [6, 6.07) is 13.6. The summed E-state index contributed by atoms with van der Waals surface area (Å²) in [5.41, 5.74) is 1.56. The predicted molar refractivity (Wildman–Crippen MR) is 112 cm³/mol. The van der Waals surface area contributed by atoms with Gasteiger partial charge in [-0.15, -0.1) is 0 Å². The van der Waals surface area contributed by atoms with Gasteiger partial charge in [-0.25, -0.2) is 0 Å². The van der Waals surface area contributed by atoms with E-state index in [4.69, 9.17) is 23.2 Å². The lowest BCUT2D eigenvalue weighted by Gasteiger charge is -2.20. The van der Waals surface area contributed by atoms with Crippen molar-refractivity contribution in [1.29, 1.82) is 0 Å². The molecule has 26 heavy (non-hydrogen) atoms. The molecule has 2 aromatic carbocycles. The molecule has 0 atom stereocenters. The van der Waals surface area contributed by atoms with Gasteiger partial charge in [0.15, 0.2) is 0 Å². The molecule has 1 aliphatic carbocycles. The third kappa shape index (κ3) is 4.04. The Balaban J connectivity index is 1.88. The molecule has 0 fully saturated rings. The van der Waals surface area contributed by atoms with Crippen molar-refractivity contribution in [2.45, 2.75) is 0 Å². The first-order valence-electron chi connectivity index (χ1n) is 7.31. The van der Waals surface area contributed by atoms with Crippen LogP contribution in [0.25, 0.3) is 0 Å². The number of ketones is 2. The molecule has 0 saturated heterocycles. The third-order valence-electron chi connectivity index (χ3n) is 3.52. The van der Waals surface area contributed by atoms with E-state index in [1.54, 1.807) is 48.5 Å². The highest BCUT2D eigenvalue weighted by Gasteiger charge is 2.33. The Morgan fingerprint density at radius 3 is 1.23 bits per heavy atom. The Morgan fingerprint density at radius 2 is 0.923 bits per heavy atom. The van der Waals surface area contributed by atoms with Crippen LogP contribution < -0.4 is 10.6 Å². The topological polar surface area (TPSA) is 58.2 Å². The van der Waals surface area contributed by atoms with E-state index in [9.17, 15) is 9.59 Å². The van der Waals surface area contributed by atoms with Crippen LogP contribution >= 0.6 is 55.1 Å². The number of anilines is 2. The zero-order valence-electron chi connectivity index (χ0n) is 12.9. The van der Waals surface area contributed by atoms with Gasteiger partial charge in [0, 0.05) is 21.4 Å². The van der Waals surface area contributed by atoms with Crippen molar-refractivity contribution in [2.24, 2.45) is 0 Å². The standard InChI is InChI=1S/C18H10Br2Cl2N2O2/c19-13-15(23-11-5-1-9(21)2-6-11)17(25)14(20)16(18(13)26)24-12-7-3-10(22)4-8-12/h1-8,23-24H. The fourth-order valence-electron chi connectivity index (χ4n) is 2.22. The second-order valence-corrected chi connectivity index (χ2v) is 7.76. The lowest BCUT2D eigenvalue weighted by Crippen LogP contribution is -2.27. The Hall–Kier alpha value is -1.60. The molecule has 132 valence electrons. The van der Waals surface area contributed by atoms with Crippen LogP contribution in [-0.2, 0) is 9.59 Å². The summed E-state index contributed by atoms with van der Waals surface area (Å²) in [6.07, 6.45) is 0. The van der Waals surface area contributed by atoms with Crippen LogP contribution in [0.15, 0.2) is 68.9 Å². The van der Waals surface area contributed by atoms with Crippen molar-refractivity contribution >= 4 is 78.0 Å². The Bertz CT molecular complexity index is 873. The lowest BCUT2D eigenvalue weighted by atomic mass is 10.1. The van der Waals surface area contributed by atoms with Crippen LogP contribution in [0, 0.1) is 0 Å². The predicted octanol–water partition coefficient (Wildman–Crippen LogP) is 5.88. The number of carbonyl (C=O) groups is 2. The number of hydrogen-bond donors (Lipinski definition) is 2. The summed E-state index contributed by atoms with van der Waals surface area (Å²) in [4.78, 5) is 25.4. The normalized spacial score (nSPS) is 14.8. The van der Waals surface area contributed by atoms with E-state index in [0.29, 0.717) is 21.4 Å². The largest absolute Gasteiger partial charge is 0.351 e. The molecule has 0 bridgehead atoms. The Kier molecular flexibility index (Phi) is 5.87. The highest BCUT2D eigenvalue weighted by atomic mass is 79.9. The summed E-state index contributed by atoms with van der Waals surface area (Å²) in [5.74, 6) is -0.717. The quantitative estimate of drug-likeness (QED) is 0.498. The number of Topliss-reactive ketones (excluding diaryl/α,β-unsaturated/α-hetero) is 2. The first-order valence-corrected chi connectivity index (χ1v) is 9.65. The zero-order chi connectivity index (χ0) is 18.8. The van der Waals surface area contributed by atoms with Crippen molar-refractivity contribution in [1.82, 2.24) is 0 Å². The first-order chi connectivity index (χ1) is 12.4. The SMILES string of the molecule is O=C1C(Br)=C(Nc2ccc(Cl)cc2)C(=O)C(Br)=C1Nc1ccc(Cl)cc1. The van der Waals surface area contributed by atoms with Gasteiger partial charge in [0.05, 0.1) is 8.96 Å². The first kappa shape index (κ1) is 19.2. The van der Waals surface area contributed by atoms with E-state index in [1.165, 1.54) is 0 Å². The zero-order valence-corrected chi connectivity index (χ0v) is 17.6. The van der Waals surface area contributed by atoms with Gasteiger partial charge in [-0.3, -0.25) is 9.59 Å². The molecule has 0 aliphatic heterocycles. The number of rotatable bonds is 4. The summed E-state index contributed by atoms with van der Waals surface area (Å²) in [7, 11) is 0. The molecule has 0 spiro atoms. The molecule has 0 unspecified atom stereocenters. The Morgan fingerprint density at radius 1 is 0.615 bits per heavy atom. The van der Waals surface area contributed by atoms with Crippen LogP contribution in [0.5, 0.6) is 0 Å². The van der Waals surface area contributed by atoms with E-state index in [2.05, 4.69) is 42.5 Å². The summed E-state index contributed by atoms with van der Waals surface area (Å²) in [5, 5.41) is 7.06. The van der Waals surface area contributed by atoms with E-state index in [1.807, 2.05) is 0 Å². The van der Waals surface area contributed by atoms with Crippen molar-refractivity contribution in [3.63, 3.8) is 0 Å². The molecule has 0 amide bonds.